The number of carbonyl (C=O) groups is 2. The quantitative estimate of drug-likeness (QED) is 0.620. The van der Waals surface area contributed by atoms with Crippen LogP contribution in [0, 0.1) is 5.41 Å². The van der Waals surface area contributed by atoms with Gasteiger partial charge in [0.15, 0.2) is 0 Å². The Balaban J connectivity index is 2.82. The van der Waals surface area contributed by atoms with E-state index in [1.165, 1.54) is 19.2 Å². The number of carboxylic acids is 1. The van der Waals surface area contributed by atoms with Crippen LogP contribution in [0.2, 0.25) is 0 Å². The molecule has 3 N–H and O–H groups in total. The summed E-state index contributed by atoms with van der Waals surface area (Å²) in [5, 5.41) is 8.93. The van der Waals surface area contributed by atoms with Gasteiger partial charge in [-0.05, 0) is 32.0 Å². The lowest BCUT2D eigenvalue weighted by Gasteiger charge is -2.21. The molecule has 104 valence electrons. The summed E-state index contributed by atoms with van der Waals surface area (Å²) in [6.45, 7) is 3.42. The van der Waals surface area contributed by atoms with E-state index in [0.717, 1.165) is 0 Å². The molecule has 0 spiro atoms. The van der Waals surface area contributed by atoms with Gasteiger partial charge in [0.05, 0.1) is 18.1 Å². The highest BCUT2D eigenvalue weighted by molar-refractivity contribution is 5.94. The normalized spacial score (nSPS) is 10.9. The fourth-order valence-corrected chi connectivity index (χ4v) is 1.41. The van der Waals surface area contributed by atoms with Crippen molar-refractivity contribution in [3.05, 3.63) is 23.8 Å². The van der Waals surface area contributed by atoms with E-state index in [0.29, 0.717) is 5.75 Å². The van der Waals surface area contributed by atoms with Crippen molar-refractivity contribution < 1.29 is 24.2 Å². The molecule has 0 radical (unpaired) electrons. The Labute approximate surface area is 111 Å². The van der Waals surface area contributed by atoms with E-state index in [1.807, 2.05) is 0 Å². The highest BCUT2D eigenvalue weighted by Gasteiger charge is 2.29. The SMILES string of the molecule is COC(=O)C(C)(C)COc1ccc(N)c(C(=O)O)c1. The van der Waals surface area contributed by atoms with E-state index in [1.54, 1.807) is 19.9 Å². The number of ether oxygens (including phenoxy) is 2. The first kappa shape index (κ1) is 14.8. The predicted octanol–water partition coefficient (Wildman–Crippen LogP) is 1.54. The van der Waals surface area contributed by atoms with E-state index < -0.39 is 17.4 Å². The topological polar surface area (TPSA) is 98.9 Å². The minimum atomic E-state index is -1.13. The summed E-state index contributed by atoms with van der Waals surface area (Å²) in [6, 6.07) is 4.32. The number of carbonyl (C=O) groups excluding carboxylic acids is 1. The third-order valence-electron chi connectivity index (χ3n) is 2.59. The summed E-state index contributed by atoms with van der Waals surface area (Å²) in [5.41, 5.74) is 4.84. The van der Waals surface area contributed by atoms with Gasteiger partial charge in [-0.15, -0.1) is 0 Å². The van der Waals surface area contributed by atoms with Crippen molar-refractivity contribution in [2.75, 3.05) is 19.5 Å². The summed E-state index contributed by atoms with van der Waals surface area (Å²) in [7, 11) is 1.30. The molecule has 1 rings (SSSR count). The molecule has 0 unspecified atom stereocenters. The molecule has 0 amide bonds. The smallest absolute Gasteiger partial charge is 0.337 e. The van der Waals surface area contributed by atoms with Gasteiger partial charge in [0.25, 0.3) is 0 Å². The molecule has 6 heteroatoms. The van der Waals surface area contributed by atoms with E-state index in [2.05, 4.69) is 4.74 Å². The van der Waals surface area contributed by atoms with Gasteiger partial charge in [-0.25, -0.2) is 4.79 Å². The lowest BCUT2D eigenvalue weighted by Crippen LogP contribution is -2.32. The van der Waals surface area contributed by atoms with E-state index >= 15 is 0 Å². The fraction of sp³-hybridized carbons (Fsp3) is 0.385. The second kappa shape index (κ2) is 5.60. The first-order valence-corrected chi connectivity index (χ1v) is 5.62. The Kier molecular flexibility index (Phi) is 4.37. The minimum Gasteiger partial charge on any atom is -0.492 e. The number of esters is 1. The molecule has 0 aromatic heterocycles. The average molecular weight is 267 g/mol. The van der Waals surface area contributed by atoms with Crippen LogP contribution in [0.15, 0.2) is 18.2 Å². The Morgan fingerprint density at radius 1 is 1.37 bits per heavy atom. The molecular weight excluding hydrogens is 250 g/mol. The molecule has 19 heavy (non-hydrogen) atoms. The molecule has 6 nitrogen and oxygen atoms in total. The van der Waals surface area contributed by atoms with Crippen LogP contribution in [0.5, 0.6) is 5.75 Å². The Morgan fingerprint density at radius 2 is 2.00 bits per heavy atom. The van der Waals surface area contributed by atoms with Crippen molar-refractivity contribution in [2.24, 2.45) is 5.41 Å². The van der Waals surface area contributed by atoms with Crippen molar-refractivity contribution in [1.82, 2.24) is 0 Å². The zero-order valence-corrected chi connectivity index (χ0v) is 11.1. The molecule has 0 aliphatic heterocycles. The lowest BCUT2D eigenvalue weighted by molar-refractivity contribution is -0.152. The number of methoxy groups -OCH3 is 1. The molecule has 0 bridgehead atoms. The number of anilines is 1. The molecule has 0 aliphatic carbocycles. The van der Waals surface area contributed by atoms with Crippen molar-refractivity contribution in [1.29, 1.82) is 0 Å². The summed E-state index contributed by atoms with van der Waals surface area (Å²) >= 11 is 0. The van der Waals surface area contributed by atoms with Gasteiger partial charge in [0.1, 0.15) is 12.4 Å². The van der Waals surface area contributed by atoms with E-state index in [-0.39, 0.29) is 17.9 Å². The molecule has 0 heterocycles. The maximum atomic E-state index is 11.5. The fourth-order valence-electron chi connectivity index (χ4n) is 1.41. The summed E-state index contributed by atoms with van der Waals surface area (Å²) in [5.74, 6) is -1.19. The summed E-state index contributed by atoms with van der Waals surface area (Å²) in [6.07, 6.45) is 0. The van der Waals surface area contributed by atoms with Gasteiger partial charge in [0.2, 0.25) is 0 Å². The van der Waals surface area contributed by atoms with Gasteiger partial charge in [-0.3, -0.25) is 4.79 Å². The van der Waals surface area contributed by atoms with Crippen LogP contribution < -0.4 is 10.5 Å². The van der Waals surface area contributed by atoms with Crippen molar-refractivity contribution in [3.63, 3.8) is 0 Å². The number of hydrogen-bond acceptors (Lipinski definition) is 5. The highest BCUT2D eigenvalue weighted by atomic mass is 16.5. The Morgan fingerprint density at radius 3 is 2.53 bits per heavy atom. The number of aromatic carboxylic acids is 1. The molecule has 0 saturated heterocycles. The second-order valence-corrected chi connectivity index (χ2v) is 4.72. The largest absolute Gasteiger partial charge is 0.492 e. The first-order valence-electron chi connectivity index (χ1n) is 5.62. The van der Waals surface area contributed by atoms with Crippen molar-refractivity contribution >= 4 is 17.6 Å². The second-order valence-electron chi connectivity index (χ2n) is 4.72. The van der Waals surface area contributed by atoms with Gasteiger partial charge < -0.3 is 20.3 Å². The molecule has 0 saturated carbocycles. The van der Waals surface area contributed by atoms with Crippen LogP contribution in [0.25, 0.3) is 0 Å². The van der Waals surface area contributed by atoms with Gasteiger partial charge in [-0.2, -0.15) is 0 Å². The number of benzene rings is 1. The number of nitrogen functional groups attached to an aromatic ring is 1. The summed E-state index contributed by atoms with van der Waals surface area (Å²) < 4.78 is 10.1. The minimum absolute atomic E-state index is 0.0339. The molecule has 1 aromatic carbocycles. The maximum absolute atomic E-state index is 11.5. The molecular formula is C13H17NO5. The Bertz CT molecular complexity index is 496. The van der Waals surface area contributed by atoms with Crippen molar-refractivity contribution in [3.8, 4) is 5.75 Å². The van der Waals surface area contributed by atoms with Crippen LogP contribution in [0.1, 0.15) is 24.2 Å². The van der Waals surface area contributed by atoms with Gasteiger partial charge in [-0.1, -0.05) is 0 Å². The number of carboxylic acid groups (broad SMARTS) is 1. The van der Waals surface area contributed by atoms with Crippen molar-refractivity contribution in [2.45, 2.75) is 13.8 Å². The van der Waals surface area contributed by atoms with Crippen LogP contribution in [0.3, 0.4) is 0 Å². The van der Waals surface area contributed by atoms with Gasteiger partial charge >= 0.3 is 11.9 Å². The zero-order chi connectivity index (χ0) is 14.6. The van der Waals surface area contributed by atoms with Crippen LogP contribution >= 0.6 is 0 Å². The van der Waals surface area contributed by atoms with Crippen LogP contribution in [-0.2, 0) is 9.53 Å². The maximum Gasteiger partial charge on any atom is 0.337 e. The summed E-state index contributed by atoms with van der Waals surface area (Å²) in [4.78, 5) is 22.4. The van der Waals surface area contributed by atoms with E-state index in [4.69, 9.17) is 15.6 Å². The molecule has 1 aromatic rings. The average Bonchev–Trinajstić information content (AvgIpc) is 2.36. The van der Waals surface area contributed by atoms with Crippen LogP contribution in [0.4, 0.5) is 5.69 Å². The zero-order valence-electron chi connectivity index (χ0n) is 11.1. The third kappa shape index (κ3) is 3.61. The number of rotatable bonds is 5. The lowest BCUT2D eigenvalue weighted by atomic mass is 9.95. The van der Waals surface area contributed by atoms with Crippen LogP contribution in [-0.4, -0.2) is 30.8 Å². The molecule has 0 fully saturated rings. The third-order valence-corrected chi connectivity index (χ3v) is 2.59. The first-order chi connectivity index (χ1) is 8.77. The predicted molar refractivity (Wildman–Crippen MR) is 69.1 cm³/mol. The molecule has 0 atom stereocenters. The Hall–Kier alpha value is -2.24. The number of nitrogens with two attached hydrogens (primary N) is 1. The number of hydrogen-bond donors (Lipinski definition) is 2. The monoisotopic (exact) mass is 267 g/mol. The van der Waals surface area contributed by atoms with E-state index in [9.17, 15) is 9.59 Å². The standard InChI is InChI=1S/C13H17NO5/c1-13(2,12(17)18-3)7-19-8-4-5-10(14)9(6-8)11(15)16/h4-6H,7,14H2,1-3H3,(H,15,16). The highest BCUT2D eigenvalue weighted by Crippen LogP contribution is 2.23. The molecule has 0 aliphatic rings. The van der Waals surface area contributed by atoms with Gasteiger partial charge in [0, 0.05) is 5.69 Å².